The Balaban J connectivity index is 1.84. The van der Waals surface area contributed by atoms with Crippen LogP contribution in [0.5, 0.6) is 0 Å². The summed E-state index contributed by atoms with van der Waals surface area (Å²) in [5, 5.41) is 0. The summed E-state index contributed by atoms with van der Waals surface area (Å²) in [5.74, 6) is 0. The molecule has 4 nitrogen and oxygen atoms in total. The third kappa shape index (κ3) is 2.95. The van der Waals surface area contributed by atoms with Gasteiger partial charge in [0.2, 0.25) is 0 Å². The first-order valence-corrected chi connectivity index (χ1v) is 7.27. The zero-order valence-electron chi connectivity index (χ0n) is 12.3. The van der Waals surface area contributed by atoms with Gasteiger partial charge in [0.05, 0.1) is 24.6 Å². The number of nitrogen functional groups attached to an aromatic ring is 1. The number of para-hydroxylation sites is 1. The van der Waals surface area contributed by atoms with Crippen LogP contribution in [0.25, 0.3) is 0 Å². The normalized spacial score (nSPS) is 15.0. The number of benzene rings is 2. The van der Waals surface area contributed by atoms with Gasteiger partial charge in [0, 0.05) is 31.5 Å². The first kappa shape index (κ1) is 13.8. The molecule has 3 rings (SSSR count). The van der Waals surface area contributed by atoms with E-state index in [0.717, 1.165) is 43.4 Å². The number of ether oxygens (including phenoxy) is 1. The molecular formula is C17H21N3O. The lowest BCUT2D eigenvalue weighted by molar-refractivity contribution is 0.122. The average molecular weight is 283 g/mol. The molecule has 2 aromatic rings. The first-order valence-electron chi connectivity index (χ1n) is 7.27. The van der Waals surface area contributed by atoms with Gasteiger partial charge in [0.1, 0.15) is 0 Å². The molecule has 0 bridgehead atoms. The molecule has 1 aliphatic rings. The van der Waals surface area contributed by atoms with E-state index in [-0.39, 0.29) is 0 Å². The lowest BCUT2D eigenvalue weighted by Crippen LogP contribution is -2.36. The maximum absolute atomic E-state index is 6.27. The van der Waals surface area contributed by atoms with Gasteiger partial charge in [-0.25, -0.2) is 0 Å². The van der Waals surface area contributed by atoms with Crippen LogP contribution in [0.15, 0.2) is 48.5 Å². The summed E-state index contributed by atoms with van der Waals surface area (Å²) >= 11 is 0. The Hall–Kier alpha value is -2.20. The zero-order chi connectivity index (χ0) is 14.7. The number of hydrogen-bond donors (Lipinski definition) is 1. The molecule has 0 aliphatic carbocycles. The Kier molecular flexibility index (Phi) is 3.97. The van der Waals surface area contributed by atoms with Crippen molar-refractivity contribution >= 4 is 22.7 Å². The van der Waals surface area contributed by atoms with E-state index < -0.39 is 0 Å². The first-order chi connectivity index (χ1) is 10.3. The minimum Gasteiger partial charge on any atom is -0.397 e. The highest BCUT2D eigenvalue weighted by Gasteiger charge is 2.14. The summed E-state index contributed by atoms with van der Waals surface area (Å²) in [6.07, 6.45) is 0. The van der Waals surface area contributed by atoms with Crippen molar-refractivity contribution in [3.63, 3.8) is 0 Å². The third-order valence-electron chi connectivity index (χ3n) is 3.89. The Labute approximate surface area is 125 Å². The van der Waals surface area contributed by atoms with Gasteiger partial charge < -0.3 is 20.3 Å². The lowest BCUT2D eigenvalue weighted by atomic mass is 10.2. The number of nitrogens with zero attached hydrogens (tertiary/aromatic N) is 2. The molecule has 0 radical (unpaired) electrons. The fourth-order valence-corrected chi connectivity index (χ4v) is 2.66. The smallest absolute Gasteiger partial charge is 0.0643 e. The quantitative estimate of drug-likeness (QED) is 0.880. The van der Waals surface area contributed by atoms with Crippen molar-refractivity contribution in [3.05, 3.63) is 48.5 Å². The summed E-state index contributed by atoms with van der Waals surface area (Å²) in [4.78, 5) is 4.42. The van der Waals surface area contributed by atoms with Gasteiger partial charge in [-0.05, 0) is 30.3 Å². The molecule has 1 aliphatic heterocycles. The molecule has 110 valence electrons. The second kappa shape index (κ2) is 6.06. The van der Waals surface area contributed by atoms with Gasteiger partial charge >= 0.3 is 0 Å². The zero-order valence-corrected chi connectivity index (χ0v) is 12.3. The van der Waals surface area contributed by atoms with Crippen LogP contribution in [0.3, 0.4) is 0 Å². The Morgan fingerprint density at radius 2 is 1.76 bits per heavy atom. The topological polar surface area (TPSA) is 41.7 Å². The van der Waals surface area contributed by atoms with E-state index in [2.05, 4.69) is 40.1 Å². The molecule has 0 saturated carbocycles. The van der Waals surface area contributed by atoms with Gasteiger partial charge in [-0.1, -0.05) is 18.2 Å². The van der Waals surface area contributed by atoms with E-state index in [1.807, 2.05) is 25.2 Å². The predicted octanol–water partition coefficient (Wildman–Crippen LogP) is 2.87. The highest BCUT2D eigenvalue weighted by atomic mass is 16.5. The second-order valence-electron chi connectivity index (χ2n) is 5.24. The fraction of sp³-hybridized carbons (Fsp3) is 0.294. The summed E-state index contributed by atoms with van der Waals surface area (Å²) in [6, 6.07) is 16.5. The van der Waals surface area contributed by atoms with Crippen LogP contribution < -0.4 is 15.5 Å². The summed E-state index contributed by atoms with van der Waals surface area (Å²) < 4.78 is 5.39. The summed E-state index contributed by atoms with van der Waals surface area (Å²) in [6.45, 7) is 3.41. The molecule has 0 aromatic heterocycles. The number of rotatable bonds is 3. The molecule has 1 fully saturated rings. The van der Waals surface area contributed by atoms with E-state index >= 15 is 0 Å². The van der Waals surface area contributed by atoms with Crippen LogP contribution in [0, 0.1) is 0 Å². The monoisotopic (exact) mass is 283 g/mol. The van der Waals surface area contributed by atoms with E-state index in [4.69, 9.17) is 10.5 Å². The Morgan fingerprint density at radius 1 is 1.05 bits per heavy atom. The largest absolute Gasteiger partial charge is 0.397 e. The molecule has 0 amide bonds. The number of nitrogens with two attached hydrogens (primary N) is 1. The van der Waals surface area contributed by atoms with Crippen LogP contribution in [0.4, 0.5) is 22.7 Å². The SMILES string of the molecule is CN(c1ccccc1)c1ccc(N2CCOCC2)cc1N. The minimum absolute atomic E-state index is 0.783. The molecular weight excluding hydrogens is 262 g/mol. The van der Waals surface area contributed by atoms with E-state index in [1.165, 1.54) is 5.69 Å². The molecule has 1 heterocycles. The molecule has 4 heteroatoms. The maximum Gasteiger partial charge on any atom is 0.0643 e. The molecule has 2 N–H and O–H groups in total. The van der Waals surface area contributed by atoms with Crippen molar-refractivity contribution in [1.82, 2.24) is 0 Å². The molecule has 0 atom stereocenters. The van der Waals surface area contributed by atoms with Crippen molar-refractivity contribution in [2.24, 2.45) is 0 Å². The van der Waals surface area contributed by atoms with Crippen molar-refractivity contribution in [2.45, 2.75) is 0 Å². The summed E-state index contributed by atoms with van der Waals surface area (Å²) in [7, 11) is 2.04. The highest BCUT2D eigenvalue weighted by molar-refractivity contribution is 5.77. The van der Waals surface area contributed by atoms with Crippen LogP contribution in [-0.4, -0.2) is 33.4 Å². The summed E-state index contributed by atoms with van der Waals surface area (Å²) in [5.41, 5.74) is 10.4. The second-order valence-corrected chi connectivity index (χ2v) is 5.24. The predicted molar refractivity (Wildman–Crippen MR) is 88.4 cm³/mol. The van der Waals surface area contributed by atoms with Gasteiger partial charge in [-0.2, -0.15) is 0 Å². The van der Waals surface area contributed by atoms with Gasteiger partial charge in [-0.3, -0.25) is 0 Å². The number of morpholine rings is 1. The molecule has 21 heavy (non-hydrogen) atoms. The number of anilines is 4. The van der Waals surface area contributed by atoms with Crippen LogP contribution in [-0.2, 0) is 4.74 Å². The van der Waals surface area contributed by atoms with Crippen molar-refractivity contribution in [1.29, 1.82) is 0 Å². The molecule has 1 saturated heterocycles. The fourth-order valence-electron chi connectivity index (χ4n) is 2.66. The maximum atomic E-state index is 6.27. The average Bonchev–Trinajstić information content (AvgIpc) is 2.56. The van der Waals surface area contributed by atoms with Crippen LogP contribution in [0.2, 0.25) is 0 Å². The van der Waals surface area contributed by atoms with E-state index in [1.54, 1.807) is 0 Å². The lowest BCUT2D eigenvalue weighted by Gasteiger charge is -2.30. The Bertz CT molecular complexity index is 594. The molecule has 2 aromatic carbocycles. The van der Waals surface area contributed by atoms with Crippen molar-refractivity contribution < 1.29 is 4.74 Å². The minimum atomic E-state index is 0.783. The van der Waals surface area contributed by atoms with Crippen LogP contribution in [0.1, 0.15) is 0 Å². The van der Waals surface area contributed by atoms with Crippen molar-refractivity contribution in [2.75, 3.05) is 48.9 Å². The third-order valence-corrected chi connectivity index (χ3v) is 3.89. The number of hydrogen-bond acceptors (Lipinski definition) is 4. The Morgan fingerprint density at radius 3 is 2.43 bits per heavy atom. The van der Waals surface area contributed by atoms with Crippen molar-refractivity contribution in [3.8, 4) is 0 Å². The van der Waals surface area contributed by atoms with E-state index in [0.29, 0.717) is 0 Å². The van der Waals surface area contributed by atoms with Gasteiger partial charge in [0.25, 0.3) is 0 Å². The highest BCUT2D eigenvalue weighted by Crippen LogP contribution is 2.32. The van der Waals surface area contributed by atoms with Crippen LogP contribution >= 0.6 is 0 Å². The molecule has 0 unspecified atom stereocenters. The molecule has 0 spiro atoms. The van der Waals surface area contributed by atoms with E-state index in [9.17, 15) is 0 Å². The van der Waals surface area contributed by atoms with Gasteiger partial charge in [-0.15, -0.1) is 0 Å². The standard InChI is InChI=1S/C17H21N3O/c1-19(14-5-3-2-4-6-14)17-8-7-15(13-16(17)18)20-9-11-21-12-10-20/h2-8,13H,9-12,18H2,1H3. The van der Waals surface area contributed by atoms with Gasteiger partial charge in [0.15, 0.2) is 0 Å².